The van der Waals surface area contributed by atoms with Gasteiger partial charge in [0.25, 0.3) is 0 Å². The molecule has 0 amide bonds. The molecular formula is C99H131Bi2SbTe2. The zero-order valence-corrected chi connectivity index (χ0v) is 84.3. The van der Waals surface area contributed by atoms with Crippen LogP contribution in [0, 0.1) is 69.2 Å². The molecule has 0 saturated carbocycles. The van der Waals surface area contributed by atoms with Gasteiger partial charge in [0.1, 0.15) is 0 Å². The fourth-order valence-electron chi connectivity index (χ4n) is 13.9. The van der Waals surface area contributed by atoms with E-state index in [1.165, 1.54) is 88.5 Å². The third-order valence-electron chi connectivity index (χ3n) is 19.6. The summed E-state index contributed by atoms with van der Waals surface area (Å²) in [6.07, 6.45) is 0. The zero-order chi connectivity index (χ0) is 77.6. The molecule has 0 fully saturated rings. The van der Waals surface area contributed by atoms with Crippen molar-refractivity contribution in [1.82, 2.24) is 0 Å². The van der Waals surface area contributed by atoms with Gasteiger partial charge in [-0.3, -0.25) is 0 Å². The first-order valence-corrected chi connectivity index (χ1v) is 57.6. The van der Waals surface area contributed by atoms with Crippen molar-refractivity contribution in [2.45, 2.75) is 253 Å². The predicted molar refractivity (Wildman–Crippen MR) is 476 cm³/mol. The predicted octanol–water partition coefficient (Wildman–Crippen LogP) is 20.4. The molecule has 0 spiro atoms. The molecule has 0 saturated heterocycles. The maximum atomic E-state index is 2.56. The normalized spacial score (nSPS) is 12.0. The molecule has 5 heteroatoms. The number of rotatable bonds is 13. The van der Waals surface area contributed by atoms with Crippen LogP contribution in [0.2, 0.25) is 11.2 Å². The van der Waals surface area contributed by atoms with Crippen LogP contribution in [-0.4, -0.2) is 106 Å². The molecule has 0 bridgehead atoms. The summed E-state index contributed by atoms with van der Waals surface area (Å²) >= 11 is -6.15. The summed E-state index contributed by atoms with van der Waals surface area (Å²) in [6.45, 7) is 71.9. The molecule has 554 valence electrons. The average Bonchev–Trinajstić information content (AvgIpc) is 0.742. The Morgan fingerprint density at radius 2 is 0.558 bits per heavy atom. The van der Waals surface area contributed by atoms with Crippen molar-refractivity contribution in [3.8, 4) is 0 Å². The van der Waals surface area contributed by atoms with Crippen molar-refractivity contribution in [3.63, 3.8) is 0 Å². The van der Waals surface area contributed by atoms with E-state index in [9.17, 15) is 0 Å². The summed E-state index contributed by atoms with van der Waals surface area (Å²) in [5.41, 5.74) is 23.2. The Labute approximate surface area is 680 Å². The van der Waals surface area contributed by atoms with Gasteiger partial charge in [0, 0.05) is 0 Å². The van der Waals surface area contributed by atoms with E-state index in [1.807, 2.05) is 0 Å². The van der Waals surface area contributed by atoms with Crippen molar-refractivity contribution >= 4 is 140 Å². The van der Waals surface area contributed by atoms with Crippen LogP contribution in [-0.2, 0) is 27.1 Å². The molecule has 10 rings (SSSR count). The molecule has 0 atom stereocenters. The monoisotopic (exact) mass is 2120 g/mol. The number of benzene rings is 10. The fraction of sp³-hybridized carbons (Fsp3) is 0.394. The first-order chi connectivity index (χ1) is 48.4. The van der Waals surface area contributed by atoms with Crippen LogP contribution in [0.25, 0.3) is 0 Å². The van der Waals surface area contributed by atoms with Gasteiger partial charge in [-0.2, -0.15) is 0 Å². The molecule has 0 radical (unpaired) electrons. The first kappa shape index (κ1) is 89.3. The molecule has 0 aliphatic carbocycles. The van der Waals surface area contributed by atoms with Crippen LogP contribution in [0.5, 0.6) is 0 Å². The van der Waals surface area contributed by atoms with E-state index in [2.05, 4.69) is 427 Å². The Balaban J connectivity index is 0.000000206. The third-order valence-corrected chi connectivity index (χ3v) is 53.4. The van der Waals surface area contributed by atoms with Gasteiger partial charge in [-0.25, -0.2) is 0 Å². The van der Waals surface area contributed by atoms with Crippen LogP contribution in [0.1, 0.15) is 229 Å². The molecule has 0 unspecified atom stereocenters. The quantitative estimate of drug-likeness (QED) is 0.101. The van der Waals surface area contributed by atoms with Gasteiger partial charge in [0.2, 0.25) is 0 Å². The molecule has 0 N–H and O–H groups in total. The standard InChI is InChI=1S/C18H22Te.C15H24Te.3C12H17.4C6H5.2C3H7.2Bi.Sb/c1-13-11-16(19-15-9-7-6-8-10-15)12-17(14(13)2)18(3,4)5;1-10(2)16-13-8-11(3)12(4)14(9-13)15(5,6)7;3*1-9-7-6-8-11(10(9)2)12(3,4)5;4*1-2-4-6-5-3-1;2*1-3-2;;;/h6-12H,1-5H3;8-10H,1-7H3;3*7-8H,1-5H3;4*1-5H;2*3H,1-2H3;;;. The summed E-state index contributed by atoms with van der Waals surface area (Å²) in [5, 5.41) is 0. The average molecular weight is 2120 g/mol. The number of aryl methyl sites for hydroxylation is 5. The van der Waals surface area contributed by atoms with Crippen LogP contribution in [0.4, 0.5) is 0 Å². The Morgan fingerprint density at radius 3 is 0.913 bits per heavy atom. The van der Waals surface area contributed by atoms with Gasteiger partial charge in [-0.15, -0.1) is 0 Å². The van der Waals surface area contributed by atoms with E-state index >= 15 is 0 Å². The van der Waals surface area contributed by atoms with Crippen LogP contribution < -0.4 is 34.4 Å². The van der Waals surface area contributed by atoms with Gasteiger partial charge < -0.3 is 0 Å². The summed E-state index contributed by atoms with van der Waals surface area (Å²) in [7, 11) is 0. The van der Waals surface area contributed by atoms with Crippen molar-refractivity contribution in [1.29, 1.82) is 0 Å². The van der Waals surface area contributed by atoms with Crippen LogP contribution in [0.15, 0.2) is 212 Å². The SMILES string of the molecule is Cc1c[c]([Bi]([CH](C)C)[CH](C)C)cc(C(C)(C)C)c1C.Cc1c[c]([Bi]([c]2ccccc2)[c]2ccccc2)cc(C(C)(C)C)c1C.Cc1c[c]([Sb]([c]2ccccc2)[c]2ccccc2)cc(C(C)(C)C)c1C.Cc1cc([Te]C(C)C)cc(C(C)(C)C)c1C.Cc1cc([Te]c2ccccc2)cc(C(C)(C)C)c1C. The van der Waals surface area contributed by atoms with Crippen molar-refractivity contribution in [2.75, 3.05) is 0 Å². The van der Waals surface area contributed by atoms with Gasteiger partial charge in [0.05, 0.1) is 0 Å². The van der Waals surface area contributed by atoms with Crippen LogP contribution >= 0.6 is 0 Å². The van der Waals surface area contributed by atoms with Crippen LogP contribution in [0.3, 0.4) is 0 Å². The topological polar surface area (TPSA) is 0 Å². The van der Waals surface area contributed by atoms with Gasteiger partial charge in [-0.05, 0) is 0 Å². The minimum atomic E-state index is -2.26. The Hall–Kier alpha value is -3.64. The molecule has 0 aliphatic rings. The number of hydrogen-bond acceptors (Lipinski definition) is 0. The van der Waals surface area contributed by atoms with Crippen molar-refractivity contribution in [3.05, 3.63) is 296 Å². The van der Waals surface area contributed by atoms with E-state index in [-0.39, 0.29) is 68.9 Å². The molecule has 0 nitrogen and oxygen atoms in total. The second kappa shape index (κ2) is 39.3. The fourth-order valence-corrected chi connectivity index (χ4v) is 47.4. The molecule has 0 aliphatic heterocycles. The second-order valence-corrected chi connectivity index (χ2v) is 70.7. The van der Waals surface area contributed by atoms with E-state index < -0.39 is 63.7 Å². The Morgan fingerprint density at radius 1 is 0.269 bits per heavy atom. The number of hydrogen-bond donors (Lipinski definition) is 0. The first-order valence-electron chi connectivity index (χ1n) is 38.0. The van der Waals surface area contributed by atoms with E-state index in [1.54, 1.807) is 29.4 Å². The third kappa shape index (κ3) is 25.7. The Kier molecular flexibility index (Phi) is 33.7. The van der Waals surface area contributed by atoms with Crippen molar-refractivity contribution in [2.24, 2.45) is 0 Å². The van der Waals surface area contributed by atoms with Gasteiger partial charge in [0.15, 0.2) is 0 Å². The van der Waals surface area contributed by atoms with Gasteiger partial charge >= 0.3 is 689 Å². The summed E-state index contributed by atoms with van der Waals surface area (Å²) in [4.78, 5) is 0. The molecule has 10 aromatic rings. The molecular weight excluding hydrogens is 1980 g/mol. The van der Waals surface area contributed by atoms with Crippen molar-refractivity contribution < 1.29 is 0 Å². The molecule has 0 aromatic heterocycles. The van der Waals surface area contributed by atoms with Gasteiger partial charge in [-0.1, -0.05) is 0 Å². The zero-order valence-electron chi connectivity index (χ0n) is 70.1. The van der Waals surface area contributed by atoms with E-state index in [0.717, 1.165) is 11.2 Å². The molecule has 0 heterocycles. The minimum absolute atomic E-state index is 0.0116. The Bertz CT molecular complexity index is 4110. The summed E-state index contributed by atoms with van der Waals surface area (Å²) in [5.74, 6) is 0. The summed E-state index contributed by atoms with van der Waals surface area (Å²) < 4.78 is 18.4. The summed E-state index contributed by atoms with van der Waals surface area (Å²) in [6, 6.07) is 80.2. The second-order valence-electron chi connectivity index (χ2n) is 34.6. The van der Waals surface area contributed by atoms with E-state index in [4.69, 9.17) is 0 Å². The maximum absolute atomic E-state index is 2.56. The molecule has 104 heavy (non-hydrogen) atoms. The molecule has 10 aromatic carbocycles. The van der Waals surface area contributed by atoms with E-state index in [0.29, 0.717) is 0 Å².